The van der Waals surface area contributed by atoms with Crippen molar-refractivity contribution in [2.45, 2.75) is 45.1 Å². The maximum absolute atomic E-state index is 11.7. The fourth-order valence-corrected chi connectivity index (χ4v) is 3.11. The number of hydrogen-bond donors (Lipinski definition) is 0. The van der Waals surface area contributed by atoms with Gasteiger partial charge in [0.2, 0.25) is 0 Å². The van der Waals surface area contributed by atoms with Gasteiger partial charge in [-0.15, -0.1) is 0 Å². The van der Waals surface area contributed by atoms with E-state index in [2.05, 4.69) is 11.0 Å². The topological polar surface area (TPSA) is 29.5 Å². The van der Waals surface area contributed by atoms with Gasteiger partial charge in [0, 0.05) is 6.04 Å². The minimum atomic E-state index is -0.0950. The number of methoxy groups -OCH3 is 1. The Kier molecular flexibility index (Phi) is 4.21. The molecule has 96 valence electrons. The average molecular weight is 237 g/mol. The van der Waals surface area contributed by atoms with E-state index in [0.717, 1.165) is 6.42 Å². The molecule has 0 aromatic rings. The minimum absolute atomic E-state index is 0.0779. The summed E-state index contributed by atoms with van der Waals surface area (Å²) in [6.07, 6.45) is 8.44. The van der Waals surface area contributed by atoms with Gasteiger partial charge in [-0.05, 0) is 57.7 Å². The van der Waals surface area contributed by atoms with E-state index in [1.165, 1.54) is 51.5 Å². The van der Waals surface area contributed by atoms with E-state index in [1.807, 2.05) is 6.92 Å². The SMILES string of the molecule is COC(=O)C(C)C1=CCCCC1N1CCCC1. The molecule has 0 spiro atoms. The van der Waals surface area contributed by atoms with Gasteiger partial charge in [-0.2, -0.15) is 0 Å². The smallest absolute Gasteiger partial charge is 0.312 e. The predicted octanol–water partition coefficient (Wildman–Crippen LogP) is 2.37. The molecule has 0 radical (unpaired) electrons. The fourth-order valence-electron chi connectivity index (χ4n) is 3.11. The molecule has 0 N–H and O–H groups in total. The molecule has 1 fully saturated rings. The van der Waals surface area contributed by atoms with Crippen LogP contribution in [0.4, 0.5) is 0 Å². The number of allylic oxidation sites excluding steroid dienone is 1. The molecule has 2 rings (SSSR count). The Morgan fingerprint density at radius 2 is 2.12 bits per heavy atom. The molecule has 2 aliphatic rings. The number of ether oxygens (including phenoxy) is 1. The van der Waals surface area contributed by atoms with Gasteiger partial charge >= 0.3 is 5.97 Å². The standard InChI is InChI=1S/C14H23NO2/c1-11(14(16)17-2)12-7-3-4-8-13(12)15-9-5-6-10-15/h7,11,13H,3-6,8-10H2,1-2H3. The molecule has 1 aliphatic carbocycles. The lowest BCUT2D eigenvalue weighted by atomic mass is 9.85. The third-order valence-electron chi connectivity index (χ3n) is 4.08. The Hall–Kier alpha value is -0.830. The van der Waals surface area contributed by atoms with Crippen molar-refractivity contribution < 1.29 is 9.53 Å². The van der Waals surface area contributed by atoms with Gasteiger partial charge in [-0.3, -0.25) is 9.69 Å². The summed E-state index contributed by atoms with van der Waals surface area (Å²) < 4.78 is 4.88. The molecule has 3 heteroatoms. The van der Waals surface area contributed by atoms with Gasteiger partial charge < -0.3 is 4.74 Å². The Balaban J connectivity index is 2.11. The van der Waals surface area contributed by atoms with Gasteiger partial charge in [0.05, 0.1) is 13.0 Å². The van der Waals surface area contributed by atoms with Crippen LogP contribution < -0.4 is 0 Å². The first-order valence-electron chi connectivity index (χ1n) is 6.76. The summed E-state index contributed by atoms with van der Waals surface area (Å²) in [5, 5.41) is 0. The molecule has 1 heterocycles. The maximum atomic E-state index is 11.7. The van der Waals surface area contributed by atoms with Crippen LogP contribution in [0, 0.1) is 5.92 Å². The average Bonchev–Trinajstić information content (AvgIpc) is 2.90. The summed E-state index contributed by atoms with van der Waals surface area (Å²) in [5.41, 5.74) is 1.30. The van der Waals surface area contributed by atoms with E-state index >= 15 is 0 Å². The highest BCUT2D eigenvalue weighted by Crippen LogP contribution is 2.31. The Bertz CT molecular complexity index is 305. The molecule has 2 atom stereocenters. The van der Waals surface area contributed by atoms with Crippen LogP contribution in [-0.4, -0.2) is 37.1 Å². The molecular formula is C14H23NO2. The van der Waals surface area contributed by atoms with Gasteiger partial charge in [0.1, 0.15) is 0 Å². The van der Waals surface area contributed by atoms with Crippen LogP contribution in [0.2, 0.25) is 0 Å². The van der Waals surface area contributed by atoms with Crippen molar-refractivity contribution in [1.29, 1.82) is 0 Å². The Labute approximate surface area is 104 Å². The second-order valence-electron chi connectivity index (χ2n) is 5.14. The van der Waals surface area contributed by atoms with Crippen LogP contribution in [-0.2, 0) is 9.53 Å². The summed E-state index contributed by atoms with van der Waals surface area (Å²) in [5.74, 6) is -0.173. The van der Waals surface area contributed by atoms with Crippen LogP contribution >= 0.6 is 0 Å². The maximum Gasteiger partial charge on any atom is 0.312 e. The van der Waals surface area contributed by atoms with E-state index in [4.69, 9.17) is 4.74 Å². The van der Waals surface area contributed by atoms with Crippen LogP contribution in [0.5, 0.6) is 0 Å². The van der Waals surface area contributed by atoms with Crippen molar-refractivity contribution >= 4 is 5.97 Å². The van der Waals surface area contributed by atoms with E-state index in [1.54, 1.807) is 0 Å². The Morgan fingerprint density at radius 3 is 2.76 bits per heavy atom. The molecule has 1 saturated heterocycles. The lowest BCUT2D eigenvalue weighted by Gasteiger charge is -2.34. The lowest BCUT2D eigenvalue weighted by Crippen LogP contribution is -2.39. The third-order valence-corrected chi connectivity index (χ3v) is 4.08. The first kappa shape index (κ1) is 12.6. The second-order valence-corrected chi connectivity index (χ2v) is 5.14. The zero-order valence-electron chi connectivity index (χ0n) is 10.9. The molecule has 1 aliphatic heterocycles. The monoisotopic (exact) mass is 237 g/mol. The largest absolute Gasteiger partial charge is 0.469 e. The van der Waals surface area contributed by atoms with Crippen LogP contribution in [0.1, 0.15) is 39.0 Å². The van der Waals surface area contributed by atoms with Crippen LogP contribution in [0.3, 0.4) is 0 Å². The number of likely N-dealkylation sites (tertiary alicyclic amines) is 1. The van der Waals surface area contributed by atoms with Crippen molar-refractivity contribution in [3.63, 3.8) is 0 Å². The number of rotatable bonds is 3. The van der Waals surface area contributed by atoms with Crippen molar-refractivity contribution in [2.75, 3.05) is 20.2 Å². The van der Waals surface area contributed by atoms with Crippen LogP contribution in [0.15, 0.2) is 11.6 Å². The van der Waals surface area contributed by atoms with Gasteiger partial charge in [0.15, 0.2) is 0 Å². The molecule has 0 bridgehead atoms. The molecule has 0 amide bonds. The van der Waals surface area contributed by atoms with Gasteiger partial charge in [-0.25, -0.2) is 0 Å². The fraction of sp³-hybridized carbons (Fsp3) is 0.786. The summed E-state index contributed by atoms with van der Waals surface area (Å²) in [7, 11) is 1.48. The van der Waals surface area contributed by atoms with Gasteiger partial charge in [-0.1, -0.05) is 6.08 Å². The molecule has 2 unspecified atom stereocenters. The summed E-state index contributed by atoms with van der Waals surface area (Å²) in [4.78, 5) is 14.2. The zero-order chi connectivity index (χ0) is 12.3. The summed E-state index contributed by atoms with van der Waals surface area (Å²) in [6, 6.07) is 0.486. The summed E-state index contributed by atoms with van der Waals surface area (Å²) >= 11 is 0. The number of hydrogen-bond acceptors (Lipinski definition) is 3. The minimum Gasteiger partial charge on any atom is -0.469 e. The zero-order valence-corrected chi connectivity index (χ0v) is 10.9. The number of carbonyl (C=O) groups excluding carboxylic acids is 1. The van der Waals surface area contributed by atoms with Crippen molar-refractivity contribution in [1.82, 2.24) is 4.90 Å². The lowest BCUT2D eigenvalue weighted by molar-refractivity contribution is -0.143. The molecule has 0 aromatic heterocycles. The van der Waals surface area contributed by atoms with Gasteiger partial charge in [0.25, 0.3) is 0 Å². The highest BCUT2D eigenvalue weighted by Gasteiger charge is 2.32. The normalized spacial score (nSPS) is 27.6. The molecular weight excluding hydrogens is 214 g/mol. The molecule has 0 aromatic carbocycles. The third kappa shape index (κ3) is 2.71. The highest BCUT2D eigenvalue weighted by molar-refractivity contribution is 5.75. The van der Waals surface area contributed by atoms with E-state index in [9.17, 15) is 4.79 Å². The summed E-state index contributed by atoms with van der Waals surface area (Å²) in [6.45, 7) is 4.36. The van der Waals surface area contributed by atoms with Crippen molar-refractivity contribution in [3.05, 3.63) is 11.6 Å². The second kappa shape index (κ2) is 5.67. The van der Waals surface area contributed by atoms with E-state index < -0.39 is 0 Å². The molecule has 17 heavy (non-hydrogen) atoms. The van der Waals surface area contributed by atoms with E-state index in [0.29, 0.717) is 6.04 Å². The van der Waals surface area contributed by atoms with Crippen molar-refractivity contribution in [2.24, 2.45) is 5.92 Å². The first-order valence-corrected chi connectivity index (χ1v) is 6.76. The van der Waals surface area contributed by atoms with E-state index in [-0.39, 0.29) is 11.9 Å². The number of carbonyl (C=O) groups is 1. The molecule has 0 saturated carbocycles. The number of esters is 1. The quantitative estimate of drug-likeness (QED) is 0.557. The molecule has 3 nitrogen and oxygen atoms in total. The predicted molar refractivity (Wildman–Crippen MR) is 67.7 cm³/mol. The highest BCUT2D eigenvalue weighted by atomic mass is 16.5. The first-order chi connectivity index (χ1) is 8.24. The van der Waals surface area contributed by atoms with Crippen molar-refractivity contribution in [3.8, 4) is 0 Å². The van der Waals surface area contributed by atoms with Crippen LogP contribution in [0.25, 0.3) is 0 Å². The Morgan fingerprint density at radius 1 is 1.41 bits per heavy atom. The number of nitrogens with zero attached hydrogens (tertiary/aromatic N) is 1.